The van der Waals surface area contributed by atoms with Gasteiger partial charge >= 0.3 is 0 Å². The summed E-state index contributed by atoms with van der Waals surface area (Å²) in [7, 11) is 0. The van der Waals surface area contributed by atoms with Gasteiger partial charge < -0.3 is 16.0 Å². The van der Waals surface area contributed by atoms with Crippen LogP contribution in [0.15, 0.2) is 18.2 Å². The Morgan fingerprint density at radius 1 is 1.47 bits per heavy atom. The van der Waals surface area contributed by atoms with Gasteiger partial charge in [-0.05, 0) is 18.6 Å². The molecule has 1 amide bonds. The zero-order valence-electron chi connectivity index (χ0n) is 9.99. The highest BCUT2D eigenvalue weighted by Crippen LogP contribution is 2.12. The maximum Gasteiger partial charge on any atom is 0.222 e. The quantitative estimate of drug-likeness (QED) is 0.716. The number of pyridine rings is 1. The molecule has 3 N–H and O–H groups in total. The number of hydrogen-bond donors (Lipinski definition) is 3. The Morgan fingerprint density at radius 2 is 2.29 bits per heavy atom. The van der Waals surface area contributed by atoms with Crippen molar-refractivity contribution in [2.24, 2.45) is 0 Å². The fourth-order valence-electron chi connectivity index (χ4n) is 1.78. The van der Waals surface area contributed by atoms with Crippen molar-refractivity contribution >= 4 is 17.5 Å². The highest BCUT2D eigenvalue weighted by Gasteiger charge is 2.21. The van der Waals surface area contributed by atoms with Crippen molar-refractivity contribution in [1.29, 1.82) is 0 Å². The number of nitrogens with one attached hydrogen (secondary N) is 3. The molecule has 0 saturated carbocycles. The van der Waals surface area contributed by atoms with Gasteiger partial charge in [0.05, 0.1) is 6.04 Å². The summed E-state index contributed by atoms with van der Waals surface area (Å²) in [5.74, 6) is 1.78. The molecule has 0 spiro atoms. The van der Waals surface area contributed by atoms with E-state index in [0.29, 0.717) is 13.0 Å². The molecule has 1 unspecified atom stereocenters. The predicted octanol–water partition coefficient (Wildman–Crippen LogP) is 1.20. The number of carbonyl (C=O) groups excluding carboxylic acids is 1. The lowest BCUT2D eigenvalue weighted by atomic mass is 10.2. The molecule has 0 aromatic carbocycles. The first-order valence-electron chi connectivity index (χ1n) is 6.02. The van der Waals surface area contributed by atoms with Crippen molar-refractivity contribution in [2.75, 3.05) is 23.7 Å². The Bertz CT molecular complexity index is 394. The number of rotatable bonds is 5. The summed E-state index contributed by atoms with van der Waals surface area (Å²) >= 11 is 0. The molecular weight excluding hydrogens is 216 g/mol. The fourth-order valence-corrected chi connectivity index (χ4v) is 1.78. The van der Waals surface area contributed by atoms with E-state index in [-0.39, 0.29) is 11.9 Å². The minimum absolute atomic E-state index is 0.0998. The Morgan fingerprint density at radius 3 is 3.00 bits per heavy atom. The highest BCUT2D eigenvalue weighted by molar-refractivity contribution is 5.79. The Hall–Kier alpha value is -1.78. The number of carbonyl (C=O) groups is 1. The molecule has 0 aliphatic carbocycles. The zero-order valence-corrected chi connectivity index (χ0v) is 9.99. The lowest BCUT2D eigenvalue weighted by molar-refractivity contribution is -0.119. The van der Waals surface area contributed by atoms with Crippen LogP contribution >= 0.6 is 0 Å². The second-order valence-electron chi connectivity index (χ2n) is 4.18. The SMILES string of the molecule is CCCNc1cccc(NC2CNC(=O)C2)n1. The molecule has 1 saturated heterocycles. The lowest BCUT2D eigenvalue weighted by Crippen LogP contribution is -2.23. The van der Waals surface area contributed by atoms with Crippen LogP contribution in [0, 0.1) is 0 Å². The largest absolute Gasteiger partial charge is 0.370 e. The minimum atomic E-state index is 0.0998. The number of hydrogen-bond acceptors (Lipinski definition) is 4. The van der Waals surface area contributed by atoms with Crippen LogP contribution in [0.5, 0.6) is 0 Å². The maximum atomic E-state index is 11.1. The summed E-state index contributed by atoms with van der Waals surface area (Å²) in [6, 6.07) is 5.97. The number of anilines is 2. The summed E-state index contributed by atoms with van der Waals surface area (Å²) < 4.78 is 0. The molecule has 2 heterocycles. The fraction of sp³-hybridized carbons (Fsp3) is 0.500. The van der Waals surface area contributed by atoms with Crippen LogP contribution in [-0.2, 0) is 4.79 Å². The van der Waals surface area contributed by atoms with Crippen molar-refractivity contribution in [2.45, 2.75) is 25.8 Å². The van der Waals surface area contributed by atoms with E-state index >= 15 is 0 Å². The van der Waals surface area contributed by atoms with Gasteiger partial charge in [0.1, 0.15) is 11.6 Å². The third-order valence-corrected chi connectivity index (χ3v) is 2.63. The van der Waals surface area contributed by atoms with E-state index in [1.165, 1.54) is 0 Å². The normalized spacial score (nSPS) is 18.9. The van der Waals surface area contributed by atoms with E-state index in [1.807, 2.05) is 18.2 Å². The van der Waals surface area contributed by atoms with Crippen molar-refractivity contribution < 1.29 is 4.79 Å². The van der Waals surface area contributed by atoms with Gasteiger partial charge in [-0.2, -0.15) is 0 Å². The molecule has 0 radical (unpaired) electrons. The van der Waals surface area contributed by atoms with E-state index in [1.54, 1.807) is 0 Å². The third kappa shape index (κ3) is 3.34. The van der Waals surface area contributed by atoms with Crippen LogP contribution in [0.3, 0.4) is 0 Å². The molecular formula is C12H18N4O. The topological polar surface area (TPSA) is 66.0 Å². The predicted molar refractivity (Wildman–Crippen MR) is 68.1 cm³/mol. The molecule has 0 bridgehead atoms. The molecule has 1 atom stereocenters. The Balaban J connectivity index is 1.93. The molecule has 92 valence electrons. The van der Waals surface area contributed by atoms with Crippen molar-refractivity contribution in [3.8, 4) is 0 Å². The monoisotopic (exact) mass is 234 g/mol. The van der Waals surface area contributed by atoms with E-state index in [9.17, 15) is 4.79 Å². The second kappa shape index (κ2) is 5.52. The van der Waals surface area contributed by atoms with Crippen LogP contribution in [0.25, 0.3) is 0 Å². The second-order valence-corrected chi connectivity index (χ2v) is 4.18. The van der Waals surface area contributed by atoms with Gasteiger partial charge in [-0.1, -0.05) is 13.0 Å². The highest BCUT2D eigenvalue weighted by atomic mass is 16.1. The summed E-state index contributed by atoms with van der Waals surface area (Å²) in [5.41, 5.74) is 0. The lowest BCUT2D eigenvalue weighted by Gasteiger charge is -2.12. The van der Waals surface area contributed by atoms with Crippen molar-refractivity contribution in [1.82, 2.24) is 10.3 Å². The van der Waals surface area contributed by atoms with Crippen LogP contribution in [0.1, 0.15) is 19.8 Å². The van der Waals surface area contributed by atoms with Crippen LogP contribution < -0.4 is 16.0 Å². The average Bonchev–Trinajstić information content (AvgIpc) is 2.73. The number of amides is 1. The molecule has 1 aromatic heterocycles. The minimum Gasteiger partial charge on any atom is -0.370 e. The number of nitrogens with zero attached hydrogens (tertiary/aromatic N) is 1. The van der Waals surface area contributed by atoms with E-state index in [0.717, 1.165) is 24.6 Å². The van der Waals surface area contributed by atoms with Crippen LogP contribution in [0.4, 0.5) is 11.6 Å². The van der Waals surface area contributed by atoms with E-state index in [4.69, 9.17) is 0 Å². The van der Waals surface area contributed by atoms with Gasteiger partial charge in [0.25, 0.3) is 0 Å². The molecule has 5 heteroatoms. The molecule has 1 aliphatic rings. The number of aromatic nitrogens is 1. The van der Waals surface area contributed by atoms with Gasteiger partial charge in [-0.15, -0.1) is 0 Å². The molecule has 5 nitrogen and oxygen atoms in total. The molecule has 17 heavy (non-hydrogen) atoms. The summed E-state index contributed by atoms with van der Waals surface area (Å²) in [6.45, 7) is 3.71. The summed E-state index contributed by atoms with van der Waals surface area (Å²) in [6.07, 6.45) is 1.59. The van der Waals surface area contributed by atoms with Gasteiger partial charge in [0.2, 0.25) is 5.91 Å². The Kier molecular flexibility index (Phi) is 3.80. The Labute approximate surface area is 101 Å². The van der Waals surface area contributed by atoms with Crippen LogP contribution in [0.2, 0.25) is 0 Å². The van der Waals surface area contributed by atoms with E-state index in [2.05, 4.69) is 27.9 Å². The average molecular weight is 234 g/mol. The van der Waals surface area contributed by atoms with Gasteiger partial charge in [-0.25, -0.2) is 4.98 Å². The third-order valence-electron chi connectivity index (χ3n) is 2.63. The van der Waals surface area contributed by atoms with Crippen molar-refractivity contribution in [3.63, 3.8) is 0 Å². The van der Waals surface area contributed by atoms with E-state index < -0.39 is 0 Å². The smallest absolute Gasteiger partial charge is 0.222 e. The molecule has 2 rings (SSSR count). The van der Waals surface area contributed by atoms with Crippen molar-refractivity contribution in [3.05, 3.63) is 18.2 Å². The first-order chi connectivity index (χ1) is 8.28. The van der Waals surface area contributed by atoms with Gasteiger partial charge in [0, 0.05) is 19.5 Å². The molecule has 1 aliphatic heterocycles. The van der Waals surface area contributed by atoms with Gasteiger partial charge in [-0.3, -0.25) is 4.79 Å². The summed E-state index contributed by atoms with van der Waals surface area (Å²) in [4.78, 5) is 15.5. The molecule has 1 aromatic rings. The van der Waals surface area contributed by atoms with Gasteiger partial charge in [0.15, 0.2) is 0 Å². The van der Waals surface area contributed by atoms with Crippen LogP contribution in [-0.4, -0.2) is 30.0 Å². The first kappa shape index (κ1) is 11.7. The standard InChI is InChI=1S/C12H18N4O/c1-2-6-13-10-4-3-5-11(16-10)15-9-7-12(17)14-8-9/h3-5,9H,2,6-8H2,1H3,(H,14,17)(H2,13,15,16). The summed E-state index contributed by atoms with van der Waals surface area (Å²) in [5, 5.41) is 9.28. The maximum absolute atomic E-state index is 11.1. The molecule has 1 fully saturated rings. The zero-order chi connectivity index (χ0) is 12.1. The first-order valence-corrected chi connectivity index (χ1v) is 6.02.